The molecular formula is C12H16INO4S. The van der Waals surface area contributed by atoms with Gasteiger partial charge in [0.15, 0.2) is 0 Å². The summed E-state index contributed by atoms with van der Waals surface area (Å²) < 4.78 is 31.2. The van der Waals surface area contributed by atoms with E-state index in [1.54, 1.807) is 31.2 Å². The molecule has 7 heteroatoms. The Labute approximate surface area is 127 Å². The van der Waals surface area contributed by atoms with Crippen molar-refractivity contribution in [3.63, 3.8) is 0 Å². The first-order valence-electron chi connectivity index (χ1n) is 5.58. The maximum Gasteiger partial charge on any atom is 0.309 e. The molecule has 1 aromatic rings. The van der Waals surface area contributed by atoms with E-state index >= 15 is 0 Å². The summed E-state index contributed by atoms with van der Waals surface area (Å²) in [7, 11) is -0.835. The molecular weight excluding hydrogens is 381 g/mol. The molecule has 5 nitrogen and oxygen atoms in total. The van der Waals surface area contributed by atoms with E-state index in [1.165, 1.54) is 14.2 Å². The summed E-state index contributed by atoms with van der Waals surface area (Å²) in [5.41, 5.74) is 0. The summed E-state index contributed by atoms with van der Waals surface area (Å²) in [5, 5.41) is 0. The molecule has 106 valence electrons. The molecule has 1 unspecified atom stereocenters. The number of carbonyl (C=O) groups is 1. The topological polar surface area (TPSA) is 63.7 Å². The van der Waals surface area contributed by atoms with Crippen LogP contribution in [0.1, 0.15) is 6.92 Å². The summed E-state index contributed by atoms with van der Waals surface area (Å²) in [4.78, 5) is 11.5. The van der Waals surface area contributed by atoms with Crippen LogP contribution in [0.25, 0.3) is 0 Å². The van der Waals surface area contributed by atoms with Crippen LogP contribution in [0.5, 0.6) is 0 Å². The van der Waals surface area contributed by atoms with E-state index in [0.29, 0.717) is 0 Å². The molecule has 0 saturated carbocycles. The number of nitrogens with zero attached hydrogens (tertiary/aromatic N) is 1. The number of sulfonamides is 1. The first-order chi connectivity index (χ1) is 8.78. The second-order valence-electron chi connectivity index (χ2n) is 4.16. The fourth-order valence-electron chi connectivity index (χ4n) is 1.55. The Bertz CT molecular complexity index is 541. The minimum Gasteiger partial charge on any atom is -0.469 e. The van der Waals surface area contributed by atoms with Gasteiger partial charge in [-0.2, -0.15) is 0 Å². The Balaban J connectivity index is 2.88. The molecule has 0 spiro atoms. The Hall–Kier alpha value is -0.670. The van der Waals surface area contributed by atoms with E-state index in [2.05, 4.69) is 27.3 Å². The summed E-state index contributed by atoms with van der Waals surface area (Å²) in [6.07, 6.45) is 0. The normalized spacial score (nSPS) is 13.3. The lowest BCUT2D eigenvalue weighted by Gasteiger charge is -2.20. The summed E-state index contributed by atoms with van der Waals surface area (Å²) >= 11 is 2.11. The number of halogens is 1. The number of benzene rings is 1. The minimum absolute atomic E-state index is 0.0843. The summed E-state index contributed by atoms with van der Waals surface area (Å²) in [5.74, 6) is -0.932. The lowest BCUT2D eigenvalue weighted by Crippen LogP contribution is -2.34. The van der Waals surface area contributed by atoms with Crippen molar-refractivity contribution in [2.45, 2.75) is 11.8 Å². The molecule has 0 aromatic heterocycles. The van der Waals surface area contributed by atoms with Crippen LogP contribution < -0.4 is 0 Å². The Morgan fingerprint density at radius 3 is 2.37 bits per heavy atom. The largest absolute Gasteiger partial charge is 0.469 e. The zero-order valence-electron chi connectivity index (χ0n) is 11.0. The van der Waals surface area contributed by atoms with Crippen LogP contribution in [0.4, 0.5) is 0 Å². The highest BCUT2D eigenvalue weighted by Gasteiger charge is 2.25. The molecule has 1 aromatic carbocycles. The van der Waals surface area contributed by atoms with Gasteiger partial charge in [0.2, 0.25) is 10.0 Å². The lowest BCUT2D eigenvalue weighted by atomic mass is 10.2. The zero-order valence-corrected chi connectivity index (χ0v) is 13.9. The van der Waals surface area contributed by atoms with Crippen LogP contribution >= 0.6 is 22.6 Å². The predicted molar refractivity (Wildman–Crippen MR) is 80.2 cm³/mol. The average molecular weight is 397 g/mol. The molecule has 0 amide bonds. The Morgan fingerprint density at radius 2 is 1.89 bits per heavy atom. The molecule has 0 aliphatic rings. The van der Waals surface area contributed by atoms with Crippen molar-refractivity contribution < 1.29 is 17.9 Å². The molecule has 19 heavy (non-hydrogen) atoms. The van der Waals surface area contributed by atoms with E-state index in [1.807, 2.05) is 0 Å². The maximum absolute atomic E-state index is 12.3. The number of rotatable bonds is 5. The highest BCUT2D eigenvalue weighted by Crippen LogP contribution is 2.17. The fourth-order valence-corrected chi connectivity index (χ4v) is 3.17. The Morgan fingerprint density at radius 1 is 1.37 bits per heavy atom. The molecule has 0 heterocycles. The van der Waals surface area contributed by atoms with Gasteiger partial charge in [-0.25, -0.2) is 12.7 Å². The SMILES string of the molecule is COC(=O)C(C)CN(C)S(=O)(=O)c1ccc(I)cc1. The molecule has 1 atom stereocenters. The lowest BCUT2D eigenvalue weighted by molar-refractivity contribution is -0.144. The number of hydrogen-bond donors (Lipinski definition) is 0. The number of ether oxygens (including phenoxy) is 1. The standard InChI is InChI=1S/C12H16INO4S/c1-9(12(15)18-3)8-14(2)19(16,17)11-6-4-10(13)5-7-11/h4-7,9H,8H2,1-3H3. The van der Waals surface area contributed by atoms with Crippen LogP contribution in [0.15, 0.2) is 29.2 Å². The van der Waals surface area contributed by atoms with Gasteiger partial charge in [0, 0.05) is 17.2 Å². The minimum atomic E-state index is -3.57. The third-order valence-electron chi connectivity index (χ3n) is 2.66. The van der Waals surface area contributed by atoms with Crippen molar-refractivity contribution in [1.29, 1.82) is 0 Å². The molecule has 0 N–H and O–H groups in total. The van der Waals surface area contributed by atoms with Crippen molar-refractivity contribution >= 4 is 38.6 Å². The number of methoxy groups -OCH3 is 1. The van der Waals surface area contributed by atoms with Gasteiger partial charge < -0.3 is 4.74 Å². The average Bonchev–Trinajstić information content (AvgIpc) is 2.38. The van der Waals surface area contributed by atoms with Gasteiger partial charge in [-0.15, -0.1) is 0 Å². The predicted octanol–water partition coefficient (Wildman–Crippen LogP) is 1.72. The fraction of sp³-hybridized carbons (Fsp3) is 0.417. The first kappa shape index (κ1) is 16.4. The van der Waals surface area contributed by atoms with Crippen LogP contribution in [0.3, 0.4) is 0 Å². The van der Waals surface area contributed by atoms with E-state index in [-0.39, 0.29) is 11.4 Å². The van der Waals surface area contributed by atoms with Gasteiger partial charge in [0.25, 0.3) is 0 Å². The van der Waals surface area contributed by atoms with Crippen molar-refractivity contribution in [2.75, 3.05) is 20.7 Å². The number of esters is 1. The highest BCUT2D eigenvalue weighted by molar-refractivity contribution is 14.1. The van der Waals surface area contributed by atoms with E-state index in [0.717, 1.165) is 7.88 Å². The second-order valence-corrected chi connectivity index (χ2v) is 7.45. The molecule has 0 saturated heterocycles. The third kappa shape index (κ3) is 4.15. The van der Waals surface area contributed by atoms with Crippen LogP contribution in [-0.4, -0.2) is 39.4 Å². The van der Waals surface area contributed by atoms with E-state index in [4.69, 9.17) is 0 Å². The van der Waals surface area contributed by atoms with Crippen LogP contribution in [0, 0.1) is 9.49 Å². The van der Waals surface area contributed by atoms with Gasteiger partial charge in [0.1, 0.15) is 0 Å². The molecule has 0 radical (unpaired) electrons. The number of carbonyl (C=O) groups excluding carboxylic acids is 1. The van der Waals surface area contributed by atoms with Crippen molar-refractivity contribution in [3.8, 4) is 0 Å². The monoisotopic (exact) mass is 397 g/mol. The van der Waals surface area contributed by atoms with Crippen molar-refractivity contribution in [3.05, 3.63) is 27.8 Å². The second kappa shape index (κ2) is 6.67. The smallest absolute Gasteiger partial charge is 0.309 e. The third-order valence-corrected chi connectivity index (χ3v) is 5.21. The Kier molecular flexibility index (Phi) is 5.75. The zero-order chi connectivity index (χ0) is 14.6. The van der Waals surface area contributed by atoms with Crippen LogP contribution in [0.2, 0.25) is 0 Å². The summed E-state index contributed by atoms with van der Waals surface area (Å²) in [6.45, 7) is 1.72. The van der Waals surface area contributed by atoms with Gasteiger partial charge >= 0.3 is 5.97 Å². The molecule has 0 aliphatic carbocycles. The van der Waals surface area contributed by atoms with Crippen molar-refractivity contribution in [1.82, 2.24) is 4.31 Å². The molecule has 0 fully saturated rings. The maximum atomic E-state index is 12.3. The van der Waals surface area contributed by atoms with Gasteiger partial charge in [-0.1, -0.05) is 6.92 Å². The molecule has 0 aliphatic heterocycles. The van der Waals surface area contributed by atoms with Crippen molar-refractivity contribution in [2.24, 2.45) is 5.92 Å². The van der Waals surface area contributed by atoms with Gasteiger partial charge in [-0.3, -0.25) is 4.79 Å². The quantitative estimate of drug-likeness (QED) is 0.561. The van der Waals surface area contributed by atoms with Gasteiger partial charge in [-0.05, 0) is 46.9 Å². The first-order valence-corrected chi connectivity index (χ1v) is 8.10. The number of hydrogen-bond acceptors (Lipinski definition) is 4. The highest BCUT2D eigenvalue weighted by atomic mass is 127. The summed E-state index contributed by atoms with van der Waals surface area (Å²) in [6, 6.07) is 6.56. The van der Waals surface area contributed by atoms with Gasteiger partial charge in [0.05, 0.1) is 17.9 Å². The van der Waals surface area contributed by atoms with E-state index < -0.39 is 21.9 Å². The molecule has 0 bridgehead atoms. The van der Waals surface area contributed by atoms with Crippen LogP contribution in [-0.2, 0) is 19.6 Å². The van der Waals surface area contributed by atoms with E-state index in [9.17, 15) is 13.2 Å². The molecule has 1 rings (SSSR count).